The van der Waals surface area contributed by atoms with E-state index in [9.17, 15) is 19.2 Å². The number of carbonyl (C=O) groups is 4. The van der Waals surface area contributed by atoms with Gasteiger partial charge in [0.05, 0.1) is 0 Å². The smallest absolute Gasteiger partial charge is 0.374 e. The molecule has 0 aliphatic rings. The minimum Gasteiger partial charge on any atom is -0.479 e. The van der Waals surface area contributed by atoms with Crippen molar-refractivity contribution < 1.29 is 38.5 Å². The van der Waals surface area contributed by atoms with E-state index in [1.807, 2.05) is 0 Å². The lowest BCUT2D eigenvalue weighted by atomic mass is 10.4. The molecule has 8 nitrogen and oxygen atoms in total. The molecule has 0 aromatic carbocycles. The standard InChI is InChI=1S/C12H14O8/c1-5-9(13)18-7(3)11(16)20-8(4)12(17)19-6(2)10(14)15/h5-7H,1,4H2,2-3H3,(H,14,15). The van der Waals surface area contributed by atoms with E-state index in [4.69, 9.17) is 5.11 Å². The van der Waals surface area contributed by atoms with Gasteiger partial charge in [-0.25, -0.2) is 19.2 Å². The zero-order valence-corrected chi connectivity index (χ0v) is 11.0. The predicted molar refractivity (Wildman–Crippen MR) is 64.2 cm³/mol. The van der Waals surface area contributed by atoms with Crippen LogP contribution in [0.5, 0.6) is 0 Å². The first-order chi connectivity index (χ1) is 9.18. The van der Waals surface area contributed by atoms with E-state index < -0.39 is 41.8 Å². The Morgan fingerprint density at radius 1 is 1.10 bits per heavy atom. The molecule has 2 unspecified atom stereocenters. The van der Waals surface area contributed by atoms with E-state index in [2.05, 4.69) is 27.4 Å². The normalized spacial score (nSPS) is 12.5. The van der Waals surface area contributed by atoms with Gasteiger partial charge >= 0.3 is 23.9 Å². The largest absolute Gasteiger partial charge is 0.479 e. The average Bonchev–Trinajstić information content (AvgIpc) is 2.37. The van der Waals surface area contributed by atoms with Gasteiger partial charge in [0.1, 0.15) is 0 Å². The molecule has 0 rings (SSSR count). The first-order valence-electron chi connectivity index (χ1n) is 5.36. The Balaban J connectivity index is 4.41. The zero-order chi connectivity index (χ0) is 15.9. The summed E-state index contributed by atoms with van der Waals surface area (Å²) in [6, 6.07) is 0. The molecule has 0 amide bonds. The Kier molecular flexibility index (Phi) is 6.70. The number of esters is 3. The van der Waals surface area contributed by atoms with Crippen molar-refractivity contribution in [2.45, 2.75) is 26.1 Å². The summed E-state index contributed by atoms with van der Waals surface area (Å²) in [6.45, 7) is 8.58. The molecular formula is C12H14O8. The molecule has 0 saturated carbocycles. The Morgan fingerprint density at radius 3 is 2.10 bits per heavy atom. The highest BCUT2D eigenvalue weighted by atomic mass is 16.6. The lowest BCUT2D eigenvalue weighted by molar-refractivity contribution is -0.168. The quantitative estimate of drug-likeness (QED) is 0.305. The second-order valence-electron chi connectivity index (χ2n) is 3.51. The number of hydrogen-bond acceptors (Lipinski definition) is 7. The summed E-state index contributed by atoms with van der Waals surface area (Å²) >= 11 is 0. The highest BCUT2D eigenvalue weighted by molar-refractivity contribution is 5.92. The monoisotopic (exact) mass is 286 g/mol. The van der Waals surface area contributed by atoms with Gasteiger partial charge in [-0.2, -0.15) is 0 Å². The van der Waals surface area contributed by atoms with Crippen LogP contribution >= 0.6 is 0 Å². The van der Waals surface area contributed by atoms with Gasteiger partial charge < -0.3 is 19.3 Å². The molecule has 0 spiro atoms. The number of carboxylic acid groups (broad SMARTS) is 1. The molecule has 0 fully saturated rings. The minimum atomic E-state index is -1.42. The minimum absolute atomic E-state index is 0.718. The molecule has 0 aromatic heterocycles. The van der Waals surface area contributed by atoms with Gasteiger partial charge in [-0.15, -0.1) is 0 Å². The van der Waals surface area contributed by atoms with Crippen LogP contribution in [0.4, 0.5) is 0 Å². The van der Waals surface area contributed by atoms with Crippen LogP contribution in [0, 0.1) is 0 Å². The number of rotatable bonds is 7. The van der Waals surface area contributed by atoms with Gasteiger partial charge in [0.2, 0.25) is 5.76 Å². The van der Waals surface area contributed by atoms with E-state index in [-0.39, 0.29) is 0 Å². The highest BCUT2D eigenvalue weighted by Gasteiger charge is 2.24. The maximum absolute atomic E-state index is 11.4. The fraction of sp³-hybridized carbons (Fsp3) is 0.333. The number of carboxylic acids is 1. The molecule has 0 aromatic rings. The third-order valence-corrected chi connectivity index (χ3v) is 1.87. The lowest BCUT2D eigenvalue weighted by Crippen LogP contribution is -2.29. The Morgan fingerprint density at radius 2 is 1.65 bits per heavy atom. The Labute approximate surface area is 114 Å². The maximum Gasteiger partial charge on any atom is 0.374 e. The number of carbonyl (C=O) groups excluding carboxylic acids is 3. The van der Waals surface area contributed by atoms with Crippen molar-refractivity contribution in [3.05, 3.63) is 25.0 Å². The van der Waals surface area contributed by atoms with E-state index in [1.165, 1.54) is 6.92 Å². The summed E-state index contributed by atoms with van der Waals surface area (Å²) in [6.07, 6.45) is -1.86. The molecule has 20 heavy (non-hydrogen) atoms. The molecule has 0 saturated heterocycles. The topological polar surface area (TPSA) is 116 Å². The summed E-state index contributed by atoms with van der Waals surface area (Å²) < 4.78 is 13.4. The van der Waals surface area contributed by atoms with Gasteiger partial charge in [-0.3, -0.25) is 0 Å². The molecule has 110 valence electrons. The van der Waals surface area contributed by atoms with E-state index in [0.29, 0.717) is 0 Å². The zero-order valence-electron chi connectivity index (χ0n) is 11.0. The predicted octanol–water partition coefficient (Wildman–Crippen LogP) is 0.177. The SMILES string of the molecule is C=CC(=O)OC(C)C(=O)OC(=C)C(=O)OC(C)C(=O)O. The van der Waals surface area contributed by atoms with Crippen molar-refractivity contribution in [1.29, 1.82) is 0 Å². The second-order valence-corrected chi connectivity index (χ2v) is 3.51. The van der Waals surface area contributed by atoms with Crippen molar-refractivity contribution in [1.82, 2.24) is 0 Å². The van der Waals surface area contributed by atoms with Crippen molar-refractivity contribution in [2.75, 3.05) is 0 Å². The number of ether oxygens (including phenoxy) is 3. The van der Waals surface area contributed by atoms with Crippen molar-refractivity contribution in [2.24, 2.45) is 0 Å². The third-order valence-electron chi connectivity index (χ3n) is 1.87. The van der Waals surface area contributed by atoms with E-state index in [1.54, 1.807) is 0 Å². The van der Waals surface area contributed by atoms with Gasteiger partial charge in [0.25, 0.3) is 0 Å². The van der Waals surface area contributed by atoms with Crippen LogP contribution in [0.2, 0.25) is 0 Å². The summed E-state index contributed by atoms with van der Waals surface area (Å²) in [4.78, 5) is 44.0. The van der Waals surface area contributed by atoms with Crippen LogP contribution in [-0.2, 0) is 33.4 Å². The van der Waals surface area contributed by atoms with Gasteiger partial charge in [0.15, 0.2) is 12.2 Å². The first-order valence-corrected chi connectivity index (χ1v) is 5.36. The molecule has 0 aliphatic carbocycles. The first kappa shape index (κ1) is 17.4. The summed E-state index contributed by atoms with van der Waals surface area (Å²) in [5.41, 5.74) is 0. The van der Waals surface area contributed by atoms with Gasteiger partial charge in [-0.1, -0.05) is 6.58 Å². The van der Waals surface area contributed by atoms with E-state index in [0.717, 1.165) is 13.0 Å². The fourth-order valence-corrected chi connectivity index (χ4v) is 0.793. The average molecular weight is 286 g/mol. The van der Waals surface area contributed by atoms with Crippen LogP contribution in [0.3, 0.4) is 0 Å². The summed E-state index contributed by atoms with van der Waals surface area (Å²) in [5, 5.41) is 8.53. The Bertz CT molecular complexity index is 450. The third kappa shape index (κ3) is 5.80. The van der Waals surface area contributed by atoms with Crippen molar-refractivity contribution >= 4 is 23.9 Å². The highest BCUT2D eigenvalue weighted by Crippen LogP contribution is 2.05. The summed E-state index contributed by atoms with van der Waals surface area (Å²) in [5.74, 6) is -5.21. The van der Waals surface area contributed by atoms with Crippen molar-refractivity contribution in [3.63, 3.8) is 0 Å². The second kappa shape index (κ2) is 7.72. The van der Waals surface area contributed by atoms with Crippen LogP contribution in [0.1, 0.15) is 13.8 Å². The molecule has 0 bridgehead atoms. The lowest BCUT2D eigenvalue weighted by Gasteiger charge is -2.13. The van der Waals surface area contributed by atoms with Crippen LogP contribution in [-0.4, -0.2) is 41.2 Å². The van der Waals surface area contributed by atoms with Crippen LogP contribution in [0.25, 0.3) is 0 Å². The van der Waals surface area contributed by atoms with Gasteiger partial charge in [-0.05, 0) is 20.4 Å². The number of hydrogen-bond donors (Lipinski definition) is 1. The van der Waals surface area contributed by atoms with Crippen molar-refractivity contribution in [3.8, 4) is 0 Å². The van der Waals surface area contributed by atoms with E-state index >= 15 is 0 Å². The summed E-state index contributed by atoms with van der Waals surface area (Å²) in [7, 11) is 0. The molecule has 8 heteroatoms. The molecular weight excluding hydrogens is 272 g/mol. The van der Waals surface area contributed by atoms with Crippen LogP contribution < -0.4 is 0 Å². The van der Waals surface area contributed by atoms with Crippen LogP contribution in [0.15, 0.2) is 25.0 Å². The number of aliphatic carboxylic acids is 1. The van der Waals surface area contributed by atoms with Gasteiger partial charge in [0, 0.05) is 6.08 Å². The molecule has 0 aliphatic heterocycles. The fourth-order valence-electron chi connectivity index (χ4n) is 0.793. The molecule has 2 atom stereocenters. The molecule has 0 radical (unpaired) electrons. The molecule has 0 heterocycles. The molecule has 1 N–H and O–H groups in total. The maximum atomic E-state index is 11.4. The Hall–Kier alpha value is -2.64.